The Kier molecular flexibility index (Phi) is 18.3. The molecule has 0 fully saturated rings. The molecule has 0 aromatic heterocycles. The molecule has 0 atom stereocenters. The van der Waals surface area contributed by atoms with Crippen molar-refractivity contribution in [3.8, 4) is 0 Å². The summed E-state index contributed by atoms with van der Waals surface area (Å²) in [5, 5.41) is 0. The van der Waals surface area contributed by atoms with Gasteiger partial charge < -0.3 is 18.2 Å². The van der Waals surface area contributed by atoms with E-state index in [9.17, 15) is 0 Å². The van der Waals surface area contributed by atoms with Crippen LogP contribution in [0.25, 0.3) is 0 Å². The van der Waals surface area contributed by atoms with Crippen LogP contribution >= 0.6 is 0 Å². The summed E-state index contributed by atoms with van der Waals surface area (Å²) in [5.41, 5.74) is 0. The Bertz CT molecular complexity index is 217. The maximum absolute atomic E-state index is 8.52. The summed E-state index contributed by atoms with van der Waals surface area (Å²) in [6.45, 7) is 0. The molecule has 0 rings (SSSR count). The molecule has 0 aliphatic rings. The Morgan fingerprint density at radius 2 is 0.692 bits per heavy atom. The third kappa shape index (κ3) is 39200. The molecule has 13 heteroatoms. The van der Waals surface area contributed by atoms with Gasteiger partial charge in [0.15, 0.2) is 0 Å². The fourth-order valence-corrected chi connectivity index (χ4v) is 0. The monoisotopic (exact) mass is 287 g/mol. The smallest absolute Gasteiger partial charge is 0.0311 e. The predicted molar refractivity (Wildman–Crippen MR) is 29.3 cm³/mol. The molecule has 0 heterocycles. The third-order valence-electron chi connectivity index (χ3n) is 0. The van der Waals surface area contributed by atoms with Gasteiger partial charge in [0.1, 0.15) is 0 Å². The molecule has 89 valence electrons. The molecule has 0 bridgehead atoms. The minimum Gasteiger partial charge on any atom is -0.759 e. The van der Waals surface area contributed by atoms with Gasteiger partial charge in [-0.15, -0.1) is 0 Å². The largest absolute Gasteiger partial charge is 0.759 e. The van der Waals surface area contributed by atoms with Gasteiger partial charge in [-0.2, -0.15) is 0 Å². The van der Waals surface area contributed by atoms with Crippen LogP contribution in [0.3, 0.4) is 0 Å². The van der Waals surface area contributed by atoms with Crippen molar-refractivity contribution in [3.63, 3.8) is 0 Å². The molecule has 0 amide bonds. The van der Waals surface area contributed by atoms with Crippen molar-refractivity contribution in [2.75, 3.05) is 0 Å². The van der Waals surface area contributed by atoms with E-state index in [1.165, 1.54) is 0 Å². The summed E-state index contributed by atoms with van der Waals surface area (Å²) >= 11 is 0. The van der Waals surface area contributed by atoms with Gasteiger partial charge in [0.05, 0.1) is 0 Å². The second kappa shape index (κ2) is 10.3. The summed E-state index contributed by atoms with van der Waals surface area (Å²) < 4.78 is 68.2. The fraction of sp³-hybridized carbons (Fsp3) is 0. The first-order valence-corrected chi connectivity index (χ1v) is 4.33. The van der Waals surface area contributed by atoms with Gasteiger partial charge in [0, 0.05) is 37.9 Å². The summed E-state index contributed by atoms with van der Waals surface area (Å²) in [4.78, 5) is 0. The minimum atomic E-state index is -5.17. The zero-order chi connectivity index (χ0) is 11.0. The first-order chi connectivity index (χ1) is 5.00. The normalized spacial score (nSPS) is 9.38. The Morgan fingerprint density at radius 3 is 0.692 bits per heavy atom. The van der Waals surface area contributed by atoms with Crippen LogP contribution in [0, 0.1) is 0 Å². The first-order valence-electron chi connectivity index (χ1n) is 1.67. The molecule has 13 heavy (non-hydrogen) atoms. The maximum atomic E-state index is 8.52. The Morgan fingerprint density at radius 1 is 0.692 bits per heavy atom. The molecule has 0 aromatic rings. The predicted octanol–water partition coefficient (Wildman–Crippen LogP) is -3.86. The number of rotatable bonds is 0. The second-order valence-electron chi connectivity index (χ2n) is 0.816. The molecule has 0 aliphatic heterocycles. The number of nitrogens with two attached hydrogens (primary N) is 2. The summed E-state index contributed by atoms with van der Waals surface area (Å²) in [7, 11) is -10.3. The Labute approximate surface area is 84.9 Å². The van der Waals surface area contributed by atoms with E-state index in [0.29, 0.717) is 0 Å². The van der Waals surface area contributed by atoms with Gasteiger partial charge in [-0.05, 0) is 0 Å². The van der Waals surface area contributed by atoms with Crippen molar-refractivity contribution in [2.24, 2.45) is 11.7 Å². The van der Waals surface area contributed by atoms with Crippen molar-refractivity contribution >= 4 is 20.8 Å². The van der Waals surface area contributed by atoms with Crippen LogP contribution in [0.15, 0.2) is 0 Å². The SMILES string of the molecule is NN.O=S(=O)([O-])[O-].O=S(=O)([O-])[O-].[Cu]. The van der Waals surface area contributed by atoms with Gasteiger partial charge in [0.25, 0.3) is 0 Å². The van der Waals surface area contributed by atoms with Crippen LogP contribution in [0.4, 0.5) is 0 Å². The third-order valence-corrected chi connectivity index (χ3v) is 0. The average molecular weight is 288 g/mol. The van der Waals surface area contributed by atoms with Gasteiger partial charge in [-0.25, -0.2) is 0 Å². The van der Waals surface area contributed by atoms with E-state index in [1.54, 1.807) is 0 Å². The first kappa shape index (κ1) is 23.2. The molecular formula is H4CuN2O8S2-4. The molecule has 0 spiro atoms. The molecule has 4 N–H and O–H groups in total. The Balaban J connectivity index is -0.0000000491. The maximum Gasteiger partial charge on any atom is 0.0311 e. The van der Waals surface area contributed by atoms with E-state index in [-0.39, 0.29) is 17.1 Å². The van der Waals surface area contributed by atoms with Crippen LogP contribution in [-0.2, 0) is 37.9 Å². The zero-order valence-electron chi connectivity index (χ0n) is 5.54. The summed E-state index contributed by atoms with van der Waals surface area (Å²) in [5.74, 6) is 8.00. The van der Waals surface area contributed by atoms with E-state index in [1.807, 2.05) is 0 Å². The van der Waals surface area contributed by atoms with Crippen molar-refractivity contribution in [3.05, 3.63) is 0 Å². The number of hydrogen-bond acceptors (Lipinski definition) is 10. The molecular weight excluding hydrogens is 284 g/mol. The average Bonchev–Trinajstić information content (AvgIpc) is 1.59. The topological polar surface area (TPSA) is 213 Å². The quantitative estimate of drug-likeness (QED) is 0.145. The second-order valence-corrected chi connectivity index (χ2v) is 2.45. The van der Waals surface area contributed by atoms with Gasteiger partial charge in [0.2, 0.25) is 0 Å². The van der Waals surface area contributed by atoms with Crippen LogP contribution in [0.5, 0.6) is 0 Å². The zero-order valence-corrected chi connectivity index (χ0v) is 8.11. The van der Waals surface area contributed by atoms with Crippen LogP contribution in [0.1, 0.15) is 0 Å². The van der Waals surface area contributed by atoms with Crippen LogP contribution < -0.4 is 11.7 Å². The van der Waals surface area contributed by atoms with Gasteiger partial charge in [-0.3, -0.25) is 28.5 Å². The van der Waals surface area contributed by atoms with Crippen molar-refractivity contribution in [1.29, 1.82) is 0 Å². The molecule has 0 aromatic carbocycles. The molecule has 0 unspecified atom stereocenters. The van der Waals surface area contributed by atoms with E-state index >= 15 is 0 Å². The van der Waals surface area contributed by atoms with Crippen molar-refractivity contribution in [2.45, 2.75) is 0 Å². The van der Waals surface area contributed by atoms with Crippen molar-refractivity contribution < 1.29 is 52.1 Å². The van der Waals surface area contributed by atoms with E-state index in [4.69, 9.17) is 35.0 Å². The van der Waals surface area contributed by atoms with E-state index < -0.39 is 20.8 Å². The van der Waals surface area contributed by atoms with Crippen LogP contribution in [0.2, 0.25) is 0 Å². The Hall–Kier alpha value is 0.179. The fourth-order valence-electron chi connectivity index (χ4n) is 0. The summed E-state index contributed by atoms with van der Waals surface area (Å²) in [6, 6.07) is 0. The van der Waals surface area contributed by atoms with Gasteiger partial charge in [-0.1, -0.05) is 0 Å². The van der Waals surface area contributed by atoms with Gasteiger partial charge >= 0.3 is 0 Å². The minimum absolute atomic E-state index is 0. The molecule has 10 nitrogen and oxygen atoms in total. The number of hydrogen-bond donors (Lipinski definition) is 2. The van der Waals surface area contributed by atoms with E-state index in [0.717, 1.165) is 0 Å². The molecule has 0 aliphatic carbocycles. The van der Waals surface area contributed by atoms with E-state index in [2.05, 4.69) is 11.7 Å². The molecule has 0 saturated heterocycles. The number of hydrazine groups is 1. The molecule has 1 radical (unpaired) electrons. The van der Waals surface area contributed by atoms with Crippen LogP contribution in [-0.4, -0.2) is 35.0 Å². The standard InChI is InChI=1S/Cu.H4N2.2H2O4S/c;1-2;2*1-5(2,3)4/h;1-2H2;2*(H2,1,2,3,4)/p-4. The van der Waals surface area contributed by atoms with Crippen molar-refractivity contribution in [1.82, 2.24) is 0 Å². The summed E-state index contributed by atoms with van der Waals surface area (Å²) in [6.07, 6.45) is 0. The molecule has 0 saturated carbocycles.